The third kappa shape index (κ3) is 4.83. The fraction of sp³-hybridized carbons (Fsp3) is 0.368. The van der Waals surface area contributed by atoms with E-state index in [0.29, 0.717) is 21.4 Å². The smallest absolute Gasteiger partial charge is 0.254 e. The molecule has 6 heteroatoms. The highest BCUT2D eigenvalue weighted by molar-refractivity contribution is 7.20. The van der Waals surface area contributed by atoms with Crippen LogP contribution in [0.15, 0.2) is 36.4 Å². The molecule has 0 aliphatic heterocycles. The molecule has 1 heterocycles. The van der Waals surface area contributed by atoms with Crippen molar-refractivity contribution in [3.63, 3.8) is 0 Å². The molecule has 0 unspecified atom stereocenters. The summed E-state index contributed by atoms with van der Waals surface area (Å²) in [4.78, 5) is 24.9. The Bertz CT molecular complexity index is 739. The zero-order valence-electron chi connectivity index (χ0n) is 13.9. The van der Waals surface area contributed by atoms with Crippen molar-refractivity contribution in [3.05, 3.63) is 51.9 Å². The minimum Gasteiger partial charge on any atom is -0.348 e. The average molecular weight is 377 g/mol. The molecule has 2 aromatic rings. The van der Waals surface area contributed by atoms with Gasteiger partial charge in [-0.15, -0.1) is 11.3 Å². The first-order chi connectivity index (χ1) is 12.1. The van der Waals surface area contributed by atoms with Crippen molar-refractivity contribution in [3.8, 4) is 0 Å². The summed E-state index contributed by atoms with van der Waals surface area (Å²) in [6.07, 6.45) is 5.21. The van der Waals surface area contributed by atoms with E-state index in [1.807, 2.05) is 30.3 Å². The number of carbonyl (C=O) groups is 2. The lowest BCUT2D eigenvalue weighted by Gasteiger charge is -2.20. The van der Waals surface area contributed by atoms with Crippen LogP contribution in [0.1, 0.15) is 48.0 Å². The van der Waals surface area contributed by atoms with E-state index < -0.39 is 0 Å². The molecule has 0 spiro atoms. The number of amides is 2. The fourth-order valence-electron chi connectivity index (χ4n) is 3.07. The number of nitrogens with one attached hydrogen (secondary N) is 2. The predicted molar refractivity (Wildman–Crippen MR) is 102 cm³/mol. The van der Waals surface area contributed by atoms with Crippen molar-refractivity contribution in [2.24, 2.45) is 5.92 Å². The van der Waals surface area contributed by atoms with Crippen LogP contribution in [0, 0.1) is 5.92 Å². The first-order valence-corrected chi connectivity index (χ1v) is 9.75. The lowest BCUT2D eigenvalue weighted by Crippen LogP contribution is -2.27. The number of benzene rings is 1. The van der Waals surface area contributed by atoms with Crippen molar-refractivity contribution in [1.82, 2.24) is 5.32 Å². The Morgan fingerprint density at radius 3 is 2.56 bits per heavy atom. The summed E-state index contributed by atoms with van der Waals surface area (Å²) in [6.45, 7) is 0.434. The molecule has 1 aromatic carbocycles. The average Bonchev–Trinajstić information content (AvgIpc) is 3.01. The van der Waals surface area contributed by atoms with Crippen molar-refractivity contribution >= 4 is 39.8 Å². The van der Waals surface area contributed by atoms with Crippen molar-refractivity contribution in [1.29, 1.82) is 0 Å². The van der Waals surface area contributed by atoms with Crippen LogP contribution in [0.4, 0.5) is 5.00 Å². The Hall–Kier alpha value is -1.85. The maximum absolute atomic E-state index is 12.5. The second kappa shape index (κ2) is 8.50. The fourth-order valence-corrected chi connectivity index (χ4v) is 4.20. The van der Waals surface area contributed by atoms with E-state index in [4.69, 9.17) is 11.6 Å². The SMILES string of the molecule is O=C(NCc1ccccc1)c1cc(Cl)sc1NC(=O)C1CCCCC1. The molecule has 4 nitrogen and oxygen atoms in total. The molecule has 3 rings (SSSR count). The molecule has 0 atom stereocenters. The maximum Gasteiger partial charge on any atom is 0.254 e. The van der Waals surface area contributed by atoms with Gasteiger partial charge in [0.15, 0.2) is 0 Å². The summed E-state index contributed by atoms with van der Waals surface area (Å²) >= 11 is 7.31. The number of hydrogen-bond donors (Lipinski definition) is 2. The molecule has 2 N–H and O–H groups in total. The zero-order valence-corrected chi connectivity index (χ0v) is 15.5. The van der Waals surface area contributed by atoms with Crippen LogP contribution in [-0.2, 0) is 11.3 Å². The Morgan fingerprint density at radius 2 is 1.84 bits per heavy atom. The molecule has 1 aliphatic rings. The summed E-state index contributed by atoms with van der Waals surface area (Å²) < 4.78 is 0.490. The summed E-state index contributed by atoms with van der Waals surface area (Å²) in [5, 5.41) is 6.33. The van der Waals surface area contributed by atoms with E-state index in [9.17, 15) is 9.59 Å². The molecule has 0 radical (unpaired) electrons. The molecule has 132 valence electrons. The highest BCUT2D eigenvalue weighted by Gasteiger charge is 2.24. The summed E-state index contributed by atoms with van der Waals surface area (Å²) in [7, 11) is 0. The normalized spacial score (nSPS) is 14.9. The van der Waals surface area contributed by atoms with Gasteiger partial charge in [-0.25, -0.2) is 0 Å². The van der Waals surface area contributed by atoms with Gasteiger partial charge in [0.25, 0.3) is 5.91 Å². The Morgan fingerprint density at radius 1 is 1.12 bits per heavy atom. The van der Waals surface area contributed by atoms with Gasteiger partial charge in [0.1, 0.15) is 5.00 Å². The van der Waals surface area contributed by atoms with E-state index in [-0.39, 0.29) is 17.7 Å². The molecule has 1 saturated carbocycles. The first kappa shape index (κ1) is 18.0. The summed E-state index contributed by atoms with van der Waals surface area (Å²) in [6, 6.07) is 11.3. The number of thiophene rings is 1. The van der Waals surface area contributed by atoms with Crippen LogP contribution in [0.25, 0.3) is 0 Å². The lowest BCUT2D eigenvalue weighted by atomic mass is 9.89. The molecule has 1 aromatic heterocycles. The minimum absolute atomic E-state index is 0.00433. The Balaban J connectivity index is 1.65. The first-order valence-electron chi connectivity index (χ1n) is 8.56. The molecule has 25 heavy (non-hydrogen) atoms. The highest BCUT2D eigenvalue weighted by Crippen LogP contribution is 2.33. The van der Waals surface area contributed by atoms with E-state index in [2.05, 4.69) is 10.6 Å². The van der Waals surface area contributed by atoms with Crippen LogP contribution < -0.4 is 10.6 Å². The van der Waals surface area contributed by atoms with E-state index in [1.165, 1.54) is 17.8 Å². The number of halogens is 1. The highest BCUT2D eigenvalue weighted by atomic mass is 35.5. The van der Waals surface area contributed by atoms with Crippen molar-refractivity contribution in [2.45, 2.75) is 38.6 Å². The van der Waals surface area contributed by atoms with Crippen LogP contribution in [0.3, 0.4) is 0 Å². The van der Waals surface area contributed by atoms with Gasteiger partial charge in [0.2, 0.25) is 5.91 Å². The minimum atomic E-state index is -0.231. The molecule has 1 aliphatic carbocycles. The maximum atomic E-state index is 12.5. The van der Waals surface area contributed by atoms with Gasteiger partial charge >= 0.3 is 0 Å². The quantitative estimate of drug-likeness (QED) is 0.783. The third-order valence-electron chi connectivity index (χ3n) is 4.46. The van der Waals surface area contributed by atoms with E-state index in [0.717, 1.165) is 31.2 Å². The Kier molecular flexibility index (Phi) is 6.10. The van der Waals surface area contributed by atoms with Gasteiger partial charge in [-0.1, -0.05) is 61.2 Å². The second-order valence-corrected chi connectivity index (χ2v) is 7.97. The molecule has 0 bridgehead atoms. The van der Waals surface area contributed by atoms with Gasteiger partial charge in [0, 0.05) is 12.5 Å². The van der Waals surface area contributed by atoms with Crippen molar-refractivity contribution in [2.75, 3.05) is 5.32 Å². The number of anilines is 1. The van der Waals surface area contributed by atoms with Crippen LogP contribution >= 0.6 is 22.9 Å². The van der Waals surface area contributed by atoms with Crippen LogP contribution in [0.5, 0.6) is 0 Å². The van der Waals surface area contributed by atoms with Gasteiger partial charge in [-0.05, 0) is 24.5 Å². The summed E-state index contributed by atoms with van der Waals surface area (Å²) in [5.74, 6) is -0.198. The van der Waals surface area contributed by atoms with Gasteiger partial charge < -0.3 is 10.6 Å². The monoisotopic (exact) mass is 376 g/mol. The molecule has 1 fully saturated rings. The van der Waals surface area contributed by atoms with E-state index >= 15 is 0 Å². The second-order valence-electron chi connectivity index (χ2n) is 6.29. The lowest BCUT2D eigenvalue weighted by molar-refractivity contribution is -0.120. The molecule has 0 saturated heterocycles. The third-order valence-corrected chi connectivity index (χ3v) is 5.63. The largest absolute Gasteiger partial charge is 0.348 e. The molecular weight excluding hydrogens is 356 g/mol. The summed E-state index contributed by atoms with van der Waals surface area (Å²) in [5.41, 5.74) is 1.44. The standard InChI is InChI=1S/C19H21ClN2O2S/c20-16-11-15(18(24)21-12-13-7-3-1-4-8-13)19(25-16)22-17(23)14-9-5-2-6-10-14/h1,3-4,7-8,11,14H,2,5-6,9-10,12H2,(H,21,24)(H,22,23). The molecule has 2 amide bonds. The number of carbonyl (C=O) groups excluding carboxylic acids is 2. The van der Waals surface area contributed by atoms with Crippen LogP contribution in [0.2, 0.25) is 4.34 Å². The topological polar surface area (TPSA) is 58.2 Å². The van der Waals surface area contributed by atoms with Gasteiger partial charge in [-0.3, -0.25) is 9.59 Å². The van der Waals surface area contributed by atoms with Gasteiger partial charge in [-0.2, -0.15) is 0 Å². The van der Waals surface area contributed by atoms with Gasteiger partial charge in [0.05, 0.1) is 9.90 Å². The zero-order chi connectivity index (χ0) is 17.6. The number of rotatable bonds is 5. The molecular formula is C19H21ClN2O2S. The van der Waals surface area contributed by atoms with Crippen LogP contribution in [-0.4, -0.2) is 11.8 Å². The Labute approximate surface area is 156 Å². The number of hydrogen-bond acceptors (Lipinski definition) is 3. The van der Waals surface area contributed by atoms with E-state index in [1.54, 1.807) is 6.07 Å². The van der Waals surface area contributed by atoms with Crippen molar-refractivity contribution < 1.29 is 9.59 Å². The predicted octanol–water partition coefficient (Wildman–Crippen LogP) is 4.85.